The van der Waals surface area contributed by atoms with E-state index in [-0.39, 0.29) is 0 Å². The molecule has 0 bridgehead atoms. The molecule has 0 aliphatic heterocycles. The van der Waals surface area contributed by atoms with Crippen LogP contribution in [0.5, 0.6) is 0 Å². The molecule has 20 heavy (non-hydrogen) atoms. The lowest BCUT2D eigenvalue weighted by molar-refractivity contribution is 0.532. The fraction of sp³-hybridized carbons (Fsp3) is 0.111. The lowest BCUT2D eigenvalue weighted by atomic mass is 10.1. The van der Waals surface area contributed by atoms with Crippen LogP contribution in [-0.2, 0) is 0 Å². The third kappa shape index (κ3) is 1.65. The van der Waals surface area contributed by atoms with Crippen molar-refractivity contribution in [2.75, 3.05) is 0 Å². The molecule has 0 radical (unpaired) electrons. The van der Waals surface area contributed by atoms with Crippen molar-refractivity contribution >= 4 is 23.1 Å². The zero-order valence-corrected chi connectivity index (χ0v) is 11.7. The topological polar surface area (TPSA) is 26.3 Å². The van der Waals surface area contributed by atoms with E-state index in [0.29, 0.717) is 0 Å². The number of hydrogen-bond donors (Lipinski definition) is 0. The monoisotopic (exact) mass is 264 g/mol. The minimum absolute atomic E-state index is 0.729. The van der Waals surface area contributed by atoms with Crippen LogP contribution < -0.4 is 0 Å². The van der Waals surface area contributed by atoms with Crippen LogP contribution in [0.4, 0.5) is 0 Å². The summed E-state index contributed by atoms with van der Waals surface area (Å²) in [6.45, 7) is 11.7. The summed E-state index contributed by atoms with van der Waals surface area (Å²) in [5.41, 5.74) is 3.95. The van der Waals surface area contributed by atoms with Crippen molar-refractivity contribution in [1.82, 2.24) is 0 Å². The second-order valence-corrected chi connectivity index (χ2v) is 4.79. The zero-order chi connectivity index (χ0) is 14.3. The molecule has 3 aromatic rings. The molecular formula is C18H16O2. The smallest absolute Gasteiger partial charge is 0.173 e. The molecule has 0 aliphatic rings. The van der Waals surface area contributed by atoms with Gasteiger partial charge in [-0.05, 0) is 26.0 Å². The Kier molecular flexibility index (Phi) is 2.87. The highest BCUT2D eigenvalue weighted by atomic mass is 16.4. The fourth-order valence-electron chi connectivity index (χ4n) is 2.56. The number of rotatable bonds is 3. The van der Waals surface area contributed by atoms with Gasteiger partial charge in [0.15, 0.2) is 11.5 Å². The van der Waals surface area contributed by atoms with Crippen molar-refractivity contribution in [3.63, 3.8) is 0 Å². The molecule has 0 atom stereocenters. The second-order valence-electron chi connectivity index (χ2n) is 4.79. The van der Waals surface area contributed by atoms with Crippen LogP contribution in [0.25, 0.3) is 34.6 Å². The summed E-state index contributed by atoms with van der Waals surface area (Å²) in [5, 5.41) is 1.11. The molecule has 2 nitrogen and oxygen atoms in total. The van der Waals surface area contributed by atoms with Crippen molar-refractivity contribution in [3.8, 4) is 11.5 Å². The predicted molar refractivity (Wildman–Crippen MR) is 83.6 cm³/mol. The van der Waals surface area contributed by atoms with Crippen molar-refractivity contribution < 1.29 is 8.83 Å². The Morgan fingerprint density at radius 1 is 0.900 bits per heavy atom. The molecule has 0 saturated carbocycles. The second kappa shape index (κ2) is 4.57. The minimum atomic E-state index is 0.729. The molecule has 0 N–H and O–H groups in total. The quantitative estimate of drug-likeness (QED) is 0.615. The van der Waals surface area contributed by atoms with Gasteiger partial charge < -0.3 is 8.83 Å². The molecule has 3 rings (SSSR count). The van der Waals surface area contributed by atoms with E-state index in [1.165, 1.54) is 0 Å². The van der Waals surface area contributed by atoms with E-state index in [2.05, 4.69) is 19.2 Å². The standard InChI is InChI=1S/C18H16O2/c1-5-13-11(3)17(19-15(13)6-2)18-12(4)14-9-7-8-10-16(14)20-18/h5-10H,1-2H2,3-4H3. The zero-order valence-electron chi connectivity index (χ0n) is 11.7. The Balaban J connectivity index is 2.31. The molecule has 2 heterocycles. The molecule has 2 aromatic heterocycles. The van der Waals surface area contributed by atoms with E-state index in [4.69, 9.17) is 8.83 Å². The number of aryl methyl sites for hydroxylation is 1. The van der Waals surface area contributed by atoms with Crippen LogP contribution in [0, 0.1) is 13.8 Å². The van der Waals surface area contributed by atoms with Gasteiger partial charge in [0, 0.05) is 22.1 Å². The molecule has 0 aliphatic carbocycles. The molecule has 0 unspecified atom stereocenters. The van der Waals surface area contributed by atoms with E-state index in [1.54, 1.807) is 12.2 Å². The Bertz CT molecular complexity index is 815. The fourth-order valence-corrected chi connectivity index (χ4v) is 2.56. The summed E-state index contributed by atoms with van der Waals surface area (Å²) >= 11 is 0. The largest absolute Gasteiger partial charge is 0.453 e. The average molecular weight is 264 g/mol. The van der Waals surface area contributed by atoms with E-state index < -0.39 is 0 Å². The van der Waals surface area contributed by atoms with Gasteiger partial charge in [-0.3, -0.25) is 0 Å². The van der Waals surface area contributed by atoms with Crippen LogP contribution in [0.15, 0.2) is 46.3 Å². The van der Waals surface area contributed by atoms with Gasteiger partial charge in [-0.1, -0.05) is 37.4 Å². The highest BCUT2D eigenvalue weighted by Gasteiger charge is 2.20. The van der Waals surface area contributed by atoms with Gasteiger partial charge >= 0.3 is 0 Å². The van der Waals surface area contributed by atoms with Gasteiger partial charge in [-0.2, -0.15) is 0 Å². The lowest BCUT2D eigenvalue weighted by Gasteiger charge is -1.96. The molecule has 0 amide bonds. The molecule has 0 spiro atoms. The van der Waals surface area contributed by atoms with Crippen molar-refractivity contribution in [2.24, 2.45) is 0 Å². The SMILES string of the molecule is C=Cc1oc(-c2oc3ccccc3c2C)c(C)c1C=C. The molecule has 1 aromatic carbocycles. The minimum Gasteiger partial charge on any atom is -0.453 e. The number of furan rings is 2. The maximum Gasteiger partial charge on any atom is 0.173 e. The van der Waals surface area contributed by atoms with Crippen molar-refractivity contribution in [3.05, 3.63) is 59.9 Å². The van der Waals surface area contributed by atoms with Gasteiger partial charge in [0.1, 0.15) is 11.3 Å². The van der Waals surface area contributed by atoms with Gasteiger partial charge in [0.05, 0.1) is 0 Å². The summed E-state index contributed by atoms with van der Waals surface area (Å²) < 4.78 is 11.9. The van der Waals surface area contributed by atoms with E-state index in [0.717, 1.165) is 44.9 Å². The van der Waals surface area contributed by atoms with Gasteiger partial charge in [0.25, 0.3) is 0 Å². The molecule has 2 heteroatoms. The van der Waals surface area contributed by atoms with Gasteiger partial charge in [-0.25, -0.2) is 0 Å². The summed E-state index contributed by atoms with van der Waals surface area (Å²) in [6.07, 6.45) is 3.49. The number of hydrogen-bond acceptors (Lipinski definition) is 2. The van der Waals surface area contributed by atoms with Crippen LogP contribution in [-0.4, -0.2) is 0 Å². The third-order valence-corrected chi connectivity index (χ3v) is 3.66. The lowest BCUT2D eigenvalue weighted by Crippen LogP contribution is -1.79. The molecule has 0 saturated heterocycles. The number of para-hydroxylation sites is 1. The average Bonchev–Trinajstić information content (AvgIpc) is 2.97. The Morgan fingerprint density at radius 3 is 2.20 bits per heavy atom. The normalized spacial score (nSPS) is 10.9. The van der Waals surface area contributed by atoms with Crippen LogP contribution in [0.2, 0.25) is 0 Å². The predicted octanol–water partition coefficient (Wildman–Crippen LogP) is 5.60. The van der Waals surface area contributed by atoms with Crippen LogP contribution in [0.3, 0.4) is 0 Å². The Hall–Kier alpha value is -2.48. The van der Waals surface area contributed by atoms with Gasteiger partial charge in [0.2, 0.25) is 0 Å². The van der Waals surface area contributed by atoms with Crippen LogP contribution in [0.1, 0.15) is 22.5 Å². The maximum absolute atomic E-state index is 5.96. The van der Waals surface area contributed by atoms with E-state index in [1.807, 2.05) is 32.0 Å². The van der Waals surface area contributed by atoms with Crippen molar-refractivity contribution in [1.29, 1.82) is 0 Å². The van der Waals surface area contributed by atoms with E-state index >= 15 is 0 Å². The summed E-state index contributed by atoms with van der Waals surface area (Å²) in [7, 11) is 0. The highest BCUT2D eigenvalue weighted by molar-refractivity contribution is 5.88. The number of benzene rings is 1. The highest BCUT2D eigenvalue weighted by Crippen LogP contribution is 2.38. The first-order chi connectivity index (χ1) is 9.67. The first-order valence-electron chi connectivity index (χ1n) is 6.54. The third-order valence-electron chi connectivity index (χ3n) is 3.66. The Labute approximate surface area is 118 Å². The summed E-state index contributed by atoms with van der Waals surface area (Å²) in [4.78, 5) is 0. The van der Waals surface area contributed by atoms with Crippen molar-refractivity contribution in [2.45, 2.75) is 13.8 Å². The van der Waals surface area contributed by atoms with Gasteiger partial charge in [-0.15, -0.1) is 0 Å². The Morgan fingerprint density at radius 2 is 1.60 bits per heavy atom. The summed E-state index contributed by atoms with van der Waals surface area (Å²) in [6, 6.07) is 7.99. The first-order valence-corrected chi connectivity index (χ1v) is 6.54. The molecule has 0 fully saturated rings. The first kappa shape index (κ1) is 12.5. The number of fused-ring (bicyclic) bond motifs is 1. The summed E-state index contributed by atoms with van der Waals surface area (Å²) in [5.74, 6) is 2.26. The maximum atomic E-state index is 5.96. The molecular weight excluding hydrogens is 248 g/mol. The van der Waals surface area contributed by atoms with E-state index in [9.17, 15) is 0 Å². The van der Waals surface area contributed by atoms with Crippen LogP contribution >= 0.6 is 0 Å². The molecule has 100 valence electrons.